The van der Waals surface area contributed by atoms with Gasteiger partial charge in [-0.2, -0.15) is 0 Å². The van der Waals surface area contributed by atoms with E-state index in [4.69, 9.17) is 4.74 Å². The van der Waals surface area contributed by atoms with Gasteiger partial charge >= 0.3 is 0 Å². The van der Waals surface area contributed by atoms with Crippen molar-refractivity contribution in [3.63, 3.8) is 0 Å². The minimum Gasteiger partial charge on any atom is -0.482 e. The van der Waals surface area contributed by atoms with Crippen molar-refractivity contribution in [2.45, 2.75) is 6.92 Å². The summed E-state index contributed by atoms with van der Waals surface area (Å²) in [6.45, 7) is 3.69. The first-order chi connectivity index (χ1) is 14.4. The molecule has 2 aliphatic heterocycles. The lowest BCUT2D eigenvalue weighted by molar-refractivity contribution is -0.133. The van der Waals surface area contributed by atoms with E-state index >= 15 is 0 Å². The molecule has 0 spiro atoms. The lowest BCUT2D eigenvalue weighted by atomic mass is 10.1. The predicted molar refractivity (Wildman–Crippen MR) is 116 cm³/mol. The molecule has 1 saturated heterocycles. The van der Waals surface area contributed by atoms with E-state index in [2.05, 4.69) is 15.9 Å². The fourth-order valence-electron chi connectivity index (χ4n) is 3.62. The van der Waals surface area contributed by atoms with Gasteiger partial charge in [0, 0.05) is 36.2 Å². The van der Waals surface area contributed by atoms with Crippen LogP contribution in [0.3, 0.4) is 0 Å². The van der Waals surface area contributed by atoms with Gasteiger partial charge in [-0.05, 0) is 37.3 Å². The summed E-state index contributed by atoms with van der Waals surface area (Å²) >= 11 is 3.39. The van der Waals surface area contributed by atoms with E-state index in [1.165, 1.54) is 4.90 Å². The molecule has 0 aliphatic carbocycles. The summed E-state index contributed by atoms with van der Waals surface area (Å²) in [6.07, 6.45) is 0. The van der Waals surface area contributed by atoms with Gasteiger partial charge in [0.1, 0.15) is 12.3 Å². The number of hydrogen-bond acceptors (Lipinski definition) is 4. The fraction of sp³-hybridized carbons (Fsp3) is 0.318. The van der Waals surface area contributed by atoms with E-state index in [1.54, 1.807) is 21.9 Å². The average molecular weight is 472 g/mol. The monoisotopic (exact) mass is 471 g/mol. The summed E-state index contributed by atoms with van der Waals surface area (Å²) in [4.78, 5) is 42.8. The normalized spacial score (nSPS) is 16.2. The van der Waals surface area contributed by atoms with Crippen LogP contribution < -0.4 is 9.64 Å². The number of carbonyl (C=O) groups excluding carboxylic acids is 3. The molecule has 0 radical (unpaired) electrons. The molecular formula is C22H22BrN3O4. The molecule has 0 atom stereocenters. The van der Waals surface area contributed by atoms with Crippen molar-refractivity contribution < 1.29 is 19.1 Å². The molecule has 7 nitrogen and oxygen atoms in total. The summed E-state index contributed by atoms with van der Waals surface area (Å²) in [5.41, 5.74) is 2.35. The quantitative estimate of drug-likeness (QED) is 0.689. The second-order valence-electron chi connectivity index (χ2n) is 7.42. The second kappa shape index (κ2) is 8.47. The third-order valence-electron chi connectivity index (χ3n) is 5.38. The minimum absolute atomic E-state index is 0.0232. The number of rotatable bonds is 3. The van der Waals surface area contributed by atoms with Crippen molar-refractivity contribution in [1.82, 2.24) is 9.80 Å². The SMILES string of the molecule is Cc1ccc(C(=O)N2CCN(C(=O)CN3C(=O)COc4cc(Br)ccc43)CC2)cc1. The number of amides is 3. The van der Waals surface area contributed by atoms with Crippen LogP contribution in [-0.4, -0.2) is 66.9 Å². The van der Waals surface area contributed by atoms with Gasteiger partial charge in [-0.1, -0.05) is 33.6 Å². The molecule has 4 rings (SSSR count). The van der Waals surface area contributed by atoms with Crippen LogP contribution in [0.1, 0.15) is 15.9 Å². The molecule has 156 valence electrons. The van der Waals surface area contributed by atoms with Crippen molar-refractivity contribution in [3.05, 3.63) is 58.1 Å². The summed E-state index contributed by atoms with van der Waals surface area (Å²) in [5, 5.41) is 0. The Morgan fingerprint density at radius 3 is 2.37 bits per heavy atom. The highest BCUT2D eigenvalue weighted by molar-refractivity contribution is 9.10. The number of fused-ring (bicyclic) bond motifs is 1. The Balaban J connectivity index is 1.37. The lowest BCUT2D eigenvalue weighted by Crippen LogP contribution is -2.53. The van der Waals surface area contributed by atoms with Gasteiger partial charge < -0.3 is 14.5 Å². The van der Waals surface area contributed by atoms with Crippen LogP contribution in [0.4, 0.5) is 5.69 Å². The molecule has 0 unspecified atom stereocenters. The van der Waals surface area contributed by atoms with Gasteiger partial charge in [-0.15, -0.1) is 0 Å². The molecule has 2 heterocycles. The van der Waals surface area contributed by atoms with Gasteiger partial charge in [-0.25, -0.2) is 0 Å². The number of halogens is 1. The fourth-order valence-corrected chi connectivity index (χ4v) is 3.96. The minimum atomic E-state index is -0.244. The largest absolute Gasteiger partial charge is 0.482 e. The molecule has 8 heteroatoms. The maximum Gasteiger partial charge on any atom is 0.265 e. The summed E-state index contributed by atoms with van der Waals surface area (Å²) in [5.74, 6) is 0.170. The molecule has 2 aromatic rings. The maximum atomic E-state index is 12.9. The zero-order chi connectivity index (χ0) is 21.3. The first-order valence-corrected chi connectivity index (χ1v) is 10.6. The van der Waals surface area contributed by atoms with Gasteiger partial charge in [-0.3, -0.25) is 19.3 Å². The van der Waals surface area contributed by atoms with Crippen molar-refractivity contribution in [3.8, 4) is 5.75 Å². The van der Waals surface area contributed by atoms with Crippen LogP contribution in [0.25, 0.3) is 0 Å². The van der Waals surface area contributed by atoms with Gasteiger partial charge in [0.05, 0.1) is 5.69 Å². The van der Waals surface area contributed by atoms with Crippen molar-refractivity contribution in [1.29, 1.82) is 0 Å². The van der Waals surface area contributed by atoms with Gasteiger partial charge in [0.25, 0.3) is 11.8 Å². The van der Waals surface area contributed by atoms with Crippen molar-refractivity contribution >= 4 is 39.3 Å². The predicted octanol–water partition coefficient (Wildman–Crippen LogP) is 2.47. The van der Waals surface area contributed by atoms with Gasteiger partial charge in [0.15, 0.2) is 6.61 Å². The van der Waals surface area contributed by atoms with E-state index in [-0.39, 0.29) is 30.9 Å². The topological polar surface area (TPSA) is 70.2 Å². The van der Waals surface area contributed by atoms with Crippen molar-refractivity contribution in [2.75, 3.05) is 44.2 Å². The molecule has 2 aliphatic rings. The van der Waals surface area contributed by atoms with E-state index in [1.807, 2.05) is 37.3 Å². The van der Waals surface area contributed by atoms with E-state index in [0.717, 1.165) is 10.0 Å². The smallest absolute Gasteiger partial charge is 0.265 e. The first kappa shape index (κ1) is 20.4. The number of anilines is 1. The number of carbonyl (C=O) groups is 3. The number of nitrogens with zero attached hydrogens (tertiary/aromatic N) is 3. The summed E-state index contributed by atoms with van der Waals surface area (Å²) in [6, 6.07) is 12.9. The van der Waals surface area contributed by atoms with Crippen LogP contribution >= 0.6 is 15.9 Å². The maximum absolute atomic E-state index is 12.9. The average Bonchev–Trinajstić information content (AvgIpc) is 2.76. The van der Waals surface area contributed by atoms with Crippen LogP contribution in [0.2, 0.25) is 0 Å². The van der Waals surface area contributed by atoms with Crippen molar-refractivity contribution in [2.24, 2.45) is 0 Å². The molecule has 3 amide bonds. The Bertz CT molecular complexity index is 984. The number of benzene rings is 2. The molecule has 30 heavy (non-hydrogen) atoms. The van der Waals surface area contributed by atoms with E-state index in [0.29, 0.717) is 43.2 Å². The highest BCUT2D eigenvalue weighted by atomic mass is 79.9. The summed E-state index contributed by atoms with van der Waals surface area (Å²) in [7, 11) is 0. The molecular weight excluding hydrogens is 450 g/mol. The highest BCUT2D eigenvalue weighted by Crippen LogP contribution is 2.34. The van der Waals surface area contributed by atoms with Crippen LogP contribution in [0.15, 0.2) is 46.9 Å². The molecule has 0 bridgehead atoms. The van der Waals surface area contributed by atoms with Crippen LogP contribution in [0, 0.1) is 6.92 Å². The van der Waals surface area contributed by atoms with Crippen LogP contribution in [0.5, 0.6) is 5.75 Å². The number of hydrogen-bond donors (Lipinski definition) is 0. The van der Waals surface area contributed by atoms with Crippen LogP contribution in [-0.2, 0) is 9.59 Å². The Hall–Kier alpha value is -2.87. The zero-order valence-electron chi connectivity index (χ0n) is 16.6. The number of ether oxygens (including phenoxy) is 1. The molecule has 2 aromatic carbocycles. The number of aryl methyl sites for hydroxylation is 1. The molecule has 0 aromatic heterocycles. The van der Waals surface area contributed by atoms with E-state index < -0.39 is 0 Å². The third-order valence-corrected chi connectivity index (χ3v) is 5.87. The molecule has 0 N–H and O–H groups in total. The standard InChI is InChI=1S/C22H22BrN3O4/c1-15-2-4-16(5-3-15)22(29)25-10-8-24(9-11-25)20(27)13-26-18-7-6-17(23)12-19(18)30-14-21(26)28/h2-7,12H,8-11,13-14H2,1H3. The zero-order valence-corrected chi connectivity index (χ0v) is 18.2. The Morgan fingerprint density at radius 2 is 1.67 bits per heavy atom. The Kier molecular flexibility index (Phi) is 5.76. The highest BCUT2D eigenvalue weighted by Gasteiger charge is 2.31. The Morgan fingerprint density at radius 1 is 1.00 bits per heavy atom. The first-order valence-electron chi connectivity index (χ1n) is 9.79. The summed E-state index contributed by atoms with van der Waals surface area (Å²) < 4.78 is 6.32. The second-order valence-corrected chi connectivity index (χ2v) is 8.34. The van der Waals surface area contributed by atoms with Gasteiger partial charge in [0.2, 0.25) is 5.91 Å². The third kappa shape index (κ3) is 4.18. The Labute approximate surface area is 183 Å². The molecule has 0 saturated carbocycles. The molecule has 1 fully saturated rings. The van der Waals surface area contributed by atoms with E-state index in [9.17, 15) is 14.4 Å². The number of piperazine rings is 1. The lowest BCUT2D eigenvalue weighted by Gasteiger charge is -2.36.